The van der Waals surface area contributed by atoms with Crippen molar-refractivity contribution in [2.24, 2.45) is 0 Å². The number of piperidine rings is 1. The second-order valence-electron chi connectivity index (χ2n) is 6.37. The molecule has 6 nitrogen and oxygen atoms in total. The van der Waals surface area contributed by atoms with Gasteiger partial charge in [0.25, 0.3) is 5.56 Å². The molecule has 3 heterocycles. The molecule has 0 unspecified atom stereocenters. The van der Waals surface area contributed by atoms with Gasteiger partial charge in [-0.1, -0.05) is 6.07 Å². The fraction of sp³-hybridized carbons (Fsp3) is 0.444. The minimum atomic E-state index is -0.225. The smallest absolute Gasteiger partial charge is 0.252 e. The summed E-state index contributed by atoms with van der Waals surface area (Å²) in [5.74, 6) is 1.63. The first-order valence-corrected chi connectivity index (χ1v) is 8.31. The molecule has 2 aromatic rings. The Morgan fingerprint density at radius 3 is 2.88 bits per heavy atom. The highest BCUT2D eigenvalue weighted by Gasteiger charge is 2.41. The first kappa shape index (κ1) is 15.2. The van der Waals surface area contributed by atoms with Gasteiger partial charge in [0, 0.05) is 19.2 Å². The number of methoxy groups -OCH3 is 1. The lowest BCUT2D eigenvalue weighted by Gasteiger charge is -2.45. The molecular weight excluding hydrogens is 306 g/mol. The molecule has 24 heavy (non-hydrogen) atoms. The average Bonchev–Trinajstić information content (AvgIpc) is 2.62. The molecule has 2 aliphatic heterocycles. The Bertz CT molecular complexity index is 794. The van der Waals surface area contributed by atoms with Crippen molar-refractivity contribution >= 4 is 5.82 Å². The molecule has 1 N–H and O–H groups in total. The van der Waals surface area contributed by atoms with Gasteiger partial charge in [0.05, 0.1) is 25.6 Å². The van der Waals surface area contributed by atoms with Gasteiger partial charge in [0.1, 0.15) is 11.6 Å². The van der Waals surface area contributed by atoms with Crippen LogP contribution in [0.3, 0.4) is 0 Å². The number of nitrogens with zero attached hydrogens (tertiary/aromatic N) is 2. The molecule has 1 spiro atoms. The summed E-state index contributed by atoms with van der Waals surface area (Å²) < 4.78 is 11.6. The predicted molar refractivity (Wildman–Crippen MR) is 90.6 cm³/mol. The minimum Gasteiger partial charge on any atom is -0.497 e. The summed E-state index contributed by atoms with van der Waals surface area (Å²) in [6, 6.07) is 7.84. The SMILES string of the molecule is COc1ccc2c(c1)CCOC21CCN(c2cc(=O)[nH]cn2)CC1. The number of anilines is 1. The van der Waals surface area contributed by atoms with E-state index in [0.717, 1.165) is 50.5 Å². The summed E-state index contributed by atoms with van der Waals surface area (Å²) in [4.78, 5) is 20.5. The van der Waals surface area contributed by atoms with E-state index >= 15 is 0 Å². The monoisotopic (exact) mass is 327 g/mol. The van der Waals surface area contributed by atoms with Crippen molar-refractivity contribution in [3.8, 4) is 5.75 Å². The third kappa shape index (κ3) is 2.57. The maximum absolute atomic E-state index is 11.5. The Morgan fingerprint density at radius 2 is 2.12 bits per heavy atom. The van der Waals surface area contributed by atoms with Gasteiger partial charge >= 0.3 is 0 Å². The number of hydrogen-bond acceptors (Lipinski definition) is 5. The zero-order valence-corrected chi connectivity index (χ0v) is 13.7. The molecule has 0 saturated carbocycles. The van der Waals surface area contributed by atoms with Crippen molar-refractivity contribution in [3.63, 3.8) is 0 Å². The fourth-order valence-electron chi connectivity index (χ4n) is 3.82. The average molecular weight is 327 g/mol. The highest BCUT2D eigenvalue weighted by Crippen LogP contribution is 2.42. The van der Waals surface area contributed by atoms with Crippen LogP contribution in [0.4, 0.5) is 5.82 Å². The van der Waals surface area contributed by atoms with Crippen LogP contribution in [0.2, 0.25) is 0 Å². The van der Waals surface area contributed by atoms with Gasteiger partial charge in [-0.3, -0.25) is 4.79 Å². The van der Waals surface area contributed by atoms with Crippen LogP contribution >= 0.6 is 0 Å². The number of ether oxygens (including phenoxy) is 2. The number of aromatic nitrogens is 2. The zero-order chi connectivity index (χ0) is 16.6. The van der Waals surface area contributed by atoms with Crippen molar-refractivity contribution < 1.29 is 9.47 Å². The molecule has 1 aromatic heterocycles. The molecule has 2 aliphatic rings. The molecule has 1 fully saturated rings. The quantitative estimate of drug-likeness (QED) is 0.912. The number of H-pyrrole nitrogens is 1. The first-order valence-electron chi connectivity index (χ1n) is 8.31. The molecule has 0 bridgehead atoms. The summed E-state index contributed by atoms with van der Waals surface area (Å²) in [5.41, 5.74) is 2.26. The van der Waals surface area contributed by atoms with E-state index < -0.39 is 0 Å². The van der Waals surface area contributed by atoms with Gasteiger partial charge in [0.2, 0.25) is 0 Å². The Hall–Kier alpha value is -2.34. The van der Waals surface area contributed by atoms with Gasteiger partial charge in [-0.25, -0.2) is 4.98 Å². The van der Waals surface area contributed by atoms with Crippen LogP contribution in [0.1, 0.15) is 24.0 Å². The number of fused-ring (bicyclic) bond motifs is 2. The van der Waals surface area contributed by atoms with Crippen LogP contribution in [0.25, 0.3) is 0 Å². The van der Waals surface area contributed by atoms with Crippen LogP contribution < -0.4 is 15.2 Å². The van der Waals surface area contributed by atoms with Crippen LogP contribution in [-0.4, -0.2) is 36.8 Å². The van der Waals surface area contributed by atoms with Crippen LogP contribution in [-0.2, 0) is 16.8 Å². The van der Waals surface area contributed by atoms with Crippen LogP contribution in [0, 0.1) is 0 Å². The van der Waals surface area contributed by atoms with Crippen LogP contribution in [0.15, 0.2) is 35.4 Å². The Kier molecular flexibility index (Phi) is 3.76. The summed E-state index contributed by atoms with van der Waals surface area (Å²) in [5, 5.41) is 0. The first-order chi connectivity index (χ1) is 11.7. The number of rotatable bonds is 2. The molecule has 1 saturated heterocycles. The topological polar surface area (TPSA) is 67.5 Å². The van der Waals surface area contributed by atoms with E-state index in [0.29, 0.717) is 0 Å². The molecule has 4 rings (SSSR count). The third-order valence-corrected chi connectivity index (χ3v) is 5.11. The van der Waals surface area contributed by atoms with E-state index in [4.69, 9.17) is 9.47 Å². The second-order valence-corrected chi connectivity index (χ2v) is 6.37. The molecule has 0 radical (unpaired) electrons. The van der Waals surface area contributed by atoms with E-state index in [9.17, 15) is 4.79 Å². The molecule has 1 aromatic carbocycles. The number of hydrogen-bond donors (Lipinski definition) is 1. The van der Waals surface area contributed by atoms with E-state index in [2.05, 4.69) is 27.0 Å². The van der Waals surface area contributed by atoms with Gasteiger partial charge in [-0.05, 0) is 42.5 Å². The summed E-state index contributed by atoms with van der Waals surface area (Å²) in [7, 11) is 1.70. The number of aromatic amines is 1. The lowest BCUT2D eigenvalue weighted by atomic mass is 9.79. The Morgan fingerprint density at radius 1 is 1.29 bits per heavy atom. The maximum atomic E-state index is 11.5. The standard InChI is InChI=1S/C18H21N3O3/c1-23-14-2-3-15-13(10-14)4-9-24-18(15)5-7-21(8-6-18)16-11-17(22)20-12-19-16/h2-3,10-12H,4-9H2,1H3,(H,19,20,22). The maximum Gasteiger partial charge on any atom is 0.252 e. The molecular formula is C18H21N3O3. The molecule has 6 heteroatoms. The van der Waals surface area contributed by atoms with Crippen molar-refractivity contribution in [2.75, 3.05) is 31.7 Å². The van der Waals surface area contributed by atoms with Crippen molar-refractivity contribution in [1.29, 1.82) is 0 Å². The van der Waals surface area contributed by atoms with Crippen molar-refractivity contribution in [3.05, 3.63) is 52.1 Å². The van der Waals surface area contributed by atoms with Gasteiger partial charge in [0.15, 0.2) is 0 Å². The largest absolute Gasteiger partial charge is 0.497 e. The summed E-state index contributed by atoms with van der Waals surface area (Å²) >= 11 is 0. The Labute approximate surface area is 140 Å². The predicted octanol–water partition coefficient (Wildman–Crippen LogP) is 1.85. The van der Waals surface area contributed by atoms with Gasteiger partial charge < -0.3 is 19.4 Å². The highest BCUT2D eigenvalue weighted by atomic mass is 16.5. The lowest BCUT2D eigenvalue weighted by Crippen LogP contribution is -2.47. The normalized spacial score (nSPS) is 19.1. The van der Waals surface area contributed by atoms with Gasteiger partial charge in [-0.15, -0.1) is 0 Å². The molecule has 0 atom stereocenters. The Balaban J connectivity index is 1.58. The fourth-order valence-corrected chi connectivity index (χ4v) is 3.82. The summed E-state index contributed by atoms with van der Waals surface area (Å²) in [6.45, 7) is 2.38. The second kappa shape index (κ2) is 5.94. The summed E-state index contributed by atoms with van der Waals surface area (Å²) in [6.07, 6.45) is 4.16. The van der Waals surface area contributed by atoms with E-state index in [1.807, 2.05) is 6.07 Å². The lowest BCUT2D eigenvalue weighted by molar-refractivity contribution is -0.0767. The van der Waals surface area contributed by atoms with Crippen molar-refractivity contribution in [1.82, 2.24) is 9.97 Å². The number of benzene rings is 1. The zero-order valence-electron chi connectivity index (χ0n) is 13.7. The highest BCUT2D eigenvalue weighted by molar-refractivity contribution is 5.43. The molecule has 0 aliphatic carbocycles. The van der Waals surface area contributed by atoms with E-state index in [1.165, 1.54) is 17.5 Å². The van der Waals surface area contributed by atoms with E-state index in [1.54, 1.807) is 13.2 Å². The molecule has 126 valence electrons. The molecule has 0 amide bonds. The third-order valence-electron chi connectivity index (χ3n) is 5.11. The van der Waals surface area contributed by atoms with E-state index in [-0.39, 0.29) is 11.2 Å². The van der Waals surface area contributed by atoms with Crippen molar-refractivity contribution in [2.45, 2.75) is 24.9 Å². The number of nitrogens with one attached hydrogen (secondary N) is 1. The minimum absolute atomic E-state index is 0.119. The van der Waals surface area contributed by atoms with Gasteiger partial charge in [-0.2, -0.15) is 0 Å². The van der Waals surface area contributed by atoms with Crippen LogP contribution in [0.5, 0.6) is 5.75 Å².